The van der Waals surface area contributed by atoms with E-state index in [2.05, 4.69) is 6.19 Å². The summed E-state index contributed by atoms with van der Waals surface area (Å²) in [5.74, 6) is 0.0788. The van der Waals surface area contributed by atoms with E-state index in [1.807, 2.05) is 21.7 Å². The number of amides is 1. The number of nitriles is 1. The Morgan fingerprint density at radius 3 is 2.74 bits per heavy atom. The van der Waals surface area contributed by atoms with E-state index in [0.29, 0.717) is 20.8 Å². The average molecular weight is 428 g/mol. The highest BCUT2D eigenvalue weighted by Crippen LogP contribution is 2.41. The maximum absolute atomic E-state index is 13.3. The Morgan fingerprint density at radius 1 is 1.26 bits per heavy atom. The molecule has 0 radical (unpaired) electrons. The Kier molecular flexibility index (Phi) is 5.09. The first-order valence-electron chi connectivity index (χ1n) is 9.28. The second kappa shape index (κ2) is 7.24. The average Bonchev–Trinajstić information content (AvgIpc) is 3.36. The van der Waals surface area contributed by atoms with E-state index in [-0.39, 0.29) is 30.1 Å². The van der Waals surface area contributed by atoms with Gasteiger partial charge in [-0.2, -0.15) is 5.26 Å². The number of hydrogen-bond acceptors (Lipinski definition) is 4. The monoisotopic (exact) mass is 426 g/mol. The molecule has 5 nitrogen and oxygen atoms in total. The predicted molar refractivity (Wildman–Crippen MR) is 107 cm³/mol. The maximum Gasteiger partial charge on any atom is 0.245 e. The van der Waals surface area contributed by atoms with Crippen molar-refractivity contribution < 1.29 is 4.79 Å². The Balaban J connectivity index is 1.56. The summed E-state index contributed by atoms with van der Waals surface area (Å²) in [4.78, 5) is 19.1. The van der Waals surface area contributed by atoms with Gasteiger partial charge in [-0.3, -0.25) is 4.79 Å². The lowest BCUT2D eigenvalue weighted by Gasteiger charge is -2.35. The van der Waals surface area contributed by atoms with Gasteiger partial charge >= 0.3 is 0 Å². The topological polar surface area (TPSA) is 50.6 Å². The first kappa shape index (κ1) is 19.0. The van der Waals surface area contributed by atoms with E-state index in [0.717, 1.165) is 38.6 Å². The number of rotatable bonds is 3. The molecule has 0 N–H and O–H groups in total. The summed E-state index contributed by atoms with van der Waals surface area (Å²) in [5.41, 5.74) is 0.713. The summed E-state index contributed by atoms with van der Waals surface area (Å²) in [7, 11) is 1.87. The first-order valence-corrected chi connectivity index (χ1v) is 10.4. The second-order valence-corrected chi connectivity index (χ2v) is 8.85. The van der Waals surface area contributed by atoms with Crippen molar-refractivity contribution in [1.82, 2.24) is 9.80 Å². The molecule has 0 aromatic heterocycles. The van der Waals surface area contributed by atoms with Crippen LogP contribution >= 0.6 is 34.8 Å². The highest BCUT2D eigenvalue weighted by Gasteiger charge is 2.49. The summed E-state index contributed by atoms with van der Waals surface area (Å²) < 4.78 is 0. The number of halogens is 3. The lowest BCUT2D eigenvalue weighted by atomic mass is 9.94. The van der Waals surface area contributed by atoms with Gasteiger partial charge < -0.3 is 14.7 Å². The molecule has 0 aliphatic carbocycles. The van der Waals surface area contributed by atoms with E-state index >= 15 is 0 Å². The predicted octanol–water partition coefficient (Wildman–Crippen LogP) is 4.16. The molecule has 2 unspecified atom stereocenters. The minimum absolute atomic E-state index is 0.0788. The smallest absolute Gasteiger partial charge is 0.245 e. The number of carbonyl (C=O) groups is 1. The Labute approximate surface area is 174 Å². The molecule has 1 aromatic rings. The number of likely N-dealkylation sites (N-methyl/N-ethyl adjacent to an activating group) is 1. The molecule has 0 spiro atoms. The molecule has 3 heterocycles. The van der Waals surface area contributed by atoms with Gasteiger partial charge in [-0.05, 0) is 44.2 Å². The zero-order valence-corrected chi connectivity index (χ0v) is 17.3. The molecule has 1 aromatic carbocycles. The third kappa shape index (κ3) is 3.12. The van der Waals surface area contributed by atoms with Gasteiger partial charge in [-0.15, -0.1) is 0 Å². The van der Waals surface area contributed by atoms with Crippen molar-refractivity contribution in [2.24, 2.45) is 0 Å². The quantitative estimate of drug-likeness (QED) is 0.537. The maximum atomic E-state index is 13.3. The van der Waals surface area contributed by atoms with Crippen LogP contribution < -0.4 is 4.90 Å². The van der Waals surface area contributed by atoms with Crippen LogP contribution in [0.25, 0.3) is 0 Å². The normalized spacial score (nSPS) is 29.3. The van der Waals surface area contributed by atoms with Crippen LogP contribution in [-0.4, -0.2) is 53.5 Å². The Morgan fingerprint density at radius 2 is 2.04 bits per heavy atom. The number of hydrogen-bond donors (Lipinski definition) is 0. The van der Waals surface area contributed by atoms with Crippen LogP contribution in [0, 0.1) is 11.5 Å². The van der Waals surface area contributed by atoms with E-state index in [1.54, 1.807) is 12.1 Å². The number of nitrogens with zero attached hydrogens (tertiary/aromatic N) is 4. The van der Waals surface area contributed by atoms with Crippen molar-refractivity contribution in [1.29, 1.82) is 5.26 Å². The largest absolute Gasteiger partial charge is 0.358 e. The second-order valence-electron chi connectivity index (χ2n) is 7.63. The lowest BCUT2D eigenvalue weighted by molar-refractivity contribution is -0.133. The van der Waals surface area contributed by atoms with Gasteiger partial charge in [0.05, 0.1) is 27.8 Å². The Bertz CT molecular complexity index is 811. The van der Waals surface area contributed by atoms with Gasteiger partial charge in [0.2, 0.25) is 5.91 Å². The molecule has 27 heavy (non-hydrogen) atoms. The van der Waals surface area contributed by atoms with Crippen LogP contribution in [0.4, 0.5) is 5.69 Å². The molecule has 2 bridgehead atoms. The van der Waals surface area contributed by atoms with Crippen LogP contribution in [0.1, 0.15) is 32.1 Å². The fraction of sp³-hybridized carbons (Fsp3) is 0.579. The molecule has 4 rings (SSSR count). The van der Waals surface area contributed by atoms with E-state index < -0.39 is 0 Å². The third-order valence-corrected chi connectivity index (χ3v) is 7.30. The summed E-state index contributed by atoms with van der Waals surface area (Å²) in [6, 6.07) is 3.62. The van der Waals surface area contributed by atoms with Gasteiger partial charge in [-0.25, -0.2) is 0 Å². The fourth-order valence-electron chi connectivity index (χ4n) is 4.99. The molecule has 3 saturated heterocycles. The molecule has 144 valence electrons. The Hall–Kier alpha value is -1.35. The highest BCUT2D eigenvalue weighted by molar-refractivity contribution is 6.45. The van der Waals surface area contributed by atoms with Gasteiger partial charge in [0.1, 0.15) is 6.04 Å². The van der Waals surface area contributed by atoms with Crippen molar-refractivity contribution in [3.8, 4) is 6.19 Å². The molecule has 8 heteroatoms. The van der Waals surface area contributed by atoms with Crippen LogP contribution in [-0.2, 0) is 4.79 Å². The van der Waals surface area contributed by atoms with E-state index in [1.165, 1.54) is 0 Å². The zero-order valence-electron chi connectivity index (χ0n) is 15.0. The number of anilines is 1. The highest BCUT2D eigenvalue weighted by atomic mass is 35.5. The summed E-state index contributed by atoms with van der Waals surface area (Å²) in [5, 5.41) is 10.7. The minimum atomic E-state index is -0.281. The summed E-state index contributed by atoms with van der Waals surface area (Å²) >= 11 is 18.8. The summed E-state index contributed by atoms with van der Waals surface area (Å²) in [6.07, 6.45) is 6.88. The minimum Gasteiger partial charge on any atom is -0.358 e. The SMILES string of the molecule is CN(C(=O)C1CCCN1c1cc(Cl)cc(Cl)c1Cl)C1C[C@@H]2CC[C@H]1N2C#N. The molecule has 3 aliphatic rings. The van der Waals surface area contributed by atoms with Gasteiger partial charge in [0, 0.05) is 24.7 Å². The first-order chi connectivity index (χ1) is 12.9. The van der Waals surface area contributed by atoms with Gasteiger partial charge in [0.25, 0.3) is 0 Å². The molecule has 4 atom stereocenters. The standard InChI is InChI=1S/C19H21Cl3N4O/c1-24(16-9-12-4-5-14(16)26(12)10-23)19(27)15-3-2-6-25(15)17-8-11(20)7-13(21)18(17)22/h7-8,12,14-16H,2-6,9H2,1H3/t12-,14+,15?,16?/m0/s1. The zero-order chi connectivity index (χ0) is 19.3. The summed E-state index contributed by atoms with van der Waals surface area (Å²) in [6.45, 7) is 0.738. The molecule has 1 amide bonds. The van der Waals surface area contributed by atoms with E-state index in [4.69, 9.17) is 34.8 Å². The molecular weight excluding hydrogens is 407 g/mol. The van der Waals surface area contributed by atoms with Crippen LogP contribution in [0.2, 0.25) is 15.1 Å². The number of benzene rings is 1. The lowest BCUT2D eigenvalue weighted by Crippen LogP contribution is -2.51. The van der Waals surface area contributed by atoms with Crippen LogP contribution in [0.15, 0.2) is 12.1 Å². The third-order valence-electron chi connectivity index (χ3n) is 6.29. The fourth-order valence-corrected chi connectivity index (χ4v) is 5.69. The molecular formula is C19H21Cl3N4O. The van der Waals surface area contributed by atoms with Crippen LogP contribution in [0.3, 0.4) is 0 Å². The van der Waals surface area contributed by atoms with Crippen molar-refractivity contribution in [2.75, 3.05) is 18.5 Å². The van der Waals surface area contributed by atoms with Crippen molar-refractivity contribution in [3.63, 3.8) is 0 Å². The number of fused-ring (bicyclic) bond motifs is 2. The van der Waals surface area contributed by atoms with Crippen molar-refractivity contribution in [3.05, 3.63) is 27.2 Å². The molecule has 0 saturated carbocycles. The van der Waals surface area contributed by atoms with Gasteiger partial charge in [-0.1, -0.05) is 34.8 Å². The van der Waals surface area contributed by atoms with Crippen molar-refractivity contribution in [2.45, 2.75) is 56.3 Å². The van der Waals surface area contributed by atoms with Gasteiger partial charge in [0.15, 0.2) is 6.19 Å². The number of carbonyl (C=O) groups excluding carboxylic acids is 1. The van der Waals surface area contributed by atoms with Crippen molar-refractivity contribution >= 4 is 46.4 Å². The van der Waals surface area contributed by atoms with E-state index in [9.17, 15) is 10.1 Å². The molecule has 3 fully saturated rings. The van der Waals surface area contributed by atoms with Crippen LogP contribution in [0.5, 0.6) is 0 Å². The molecule has 3 aliphatic heterocycles.